The first-order valence-electron chi connectivity index (χ1n) is 9.29. The molecule has 0 spiro atoms. The highest BCUT2D eigenvalue weighted by molar-refractivity contribution is 6.30. The fourth-order valence-electron chi connectivity index (χ4n) is 3.63. The summed E-state index contributed by atoms with van der Waals surface area (Å²) in [6.45, 7) is 0.246. The number of rotatable bonds is 7. The molecule has 8 nitrogen and oxygen atoms in total. The molecule has 1 aliphatic carbocycles. The third-order valence-electron chi connectivity index (χ3n) is 4.98. The number of nitrogens with zero attached hydrogens (tertiary/aromatic N) is 6. The minimum atomic E-state index is -0.588. The molecule has 11 heteroatoms. The van der Waals surface area contributed by atoms with E-state index in [0.29, 0.717) is 21.9 Å². The van der Waals surface area contributed by atoms with Crippen molar-refractivity contribution in [3.63, 3.8) is 0 Å². The second-order valence-electron chi connectivity index (χ2n) is 6.91. The lowest BCUT2D eigenvalue weighted by atomic mass is 9.91. The molecule has 3 aromatic rings. The van der Waals surface area contributed by atoms with E-state index in [1.807, 2.05) is 0 Å². The fourth-order valence-corrected chi connectivity index (χ4v) is 3.97. The van der Waals surface area contributed by atoms with Crippen LogP contribution in [0, 0.1) is 5.92 Å². The average Bonchev–Trinajstić information content (AvgIpc) is 3.41. The van der Waals surface area contributed by atoms with Crippen LogP contribution < -0.4 is 15.0 Å². The van der Waals surface area contributed by atoms with Crippen molar-refractivity contribution in [2.45, 2.75) is 12.6 Å². The highest BCUT2D eigenvalue weighted by Crippen LogP contribution is 2.43. The lowest BCUT2D eigenvalue weighted by Gasteiger charge is -2.27. The molecule has 1 aromatic carbocycles. The van der Waals surface area contributed by atoms with E-state index in [9.17, 15) is 4.39 Å². The van der Waals surface area contributed by atoms with Crippen molar-refractivity contribution in [1.29, 1.82) is 0 Å². The highest BCUT2D eigenvalue weighted by atomic mass is 35.5. The molecule has 30 heavy (non-hydrogen) atoms. The van der Waals surface area contributed by atoms with E-state index >= 15 is 0 Å². The second kappa shape index (κ2) is 7.73. The van der Waals surface area contributed by atoms with E-state index in [1.54, 1.807) is 36.5 Å². The molecule has 0 saturated carbocycles. The van der Waals surface area contributed by atoms with Gasteiger partial charge in [-0.05, 0) is 18.2 Å². The zero-order valence-corrected chi connectivity index (χ0v) is 17.1. The van der Waals surface area contributed by atoms with Gasteiger partial charge in [-0.3, -0.25) is 0 Å². The van der Waals surface area contributed by atoms with Crippen LogP contribution in [-0.2, 0) is 6.54 Å². The van der Waals surface area contributed by atoms with Crippen LogP contribution in [0.2, 0.25) is 10.2 Å². The van der Waals surface area contributed by atoms with E-state index in [0.717, 1.165) is 17.9 Å². The normalized spacial score (nSPS) is 19.4. The minimum Gasteiger partial charge on any atom is -0.424 e. The van der Waals surface area contributed by atoms with E-state index in [1.165, 1.54) is 4.68 Å². The van der Waals surface area contributed by atoms with Crippen LogP contribution in [-0.4, -0.2) is 44.2 Å². The Morgan fingerprint density at radius 1 is 1.27 bits per heavy atom. The number of benzene rings is 1. The molecule has 0 radical (unpaired) electrons. The minimum absolute atomic E-state index is 0.0364. The number of hydrogen-bond donors (Lipinski definition) is 1. The maximum atomic E-state index is 13.0. The summed E-state index contributed by atoms with van der Waals surface area (Å²) in [5.74, 6) is 1.16. The monoisotopic (exact) mass is 447 g/mol. The van der Waals surface area contributed by atoms with E-state index in [-0.39, 0.29) is 24.5 Å². The van der Waals surface area contributed by atoms with Crippen LogP contribution in [0.4, 0.5) is 16.0 Å². The number of fused-ring (bicyclic) bond motifs is 1. The van der Waals surface area contributed by atoms with Crippen LogP contribution in [0.1, 0.15) is 0 Å². The first-order valence-corrected chi connectivity index (χ1v) is 10.0. The van der Waals surface area contributed by atoms with Gasteiger partial charge >= 0.3 is 6.01 Å². The van der Waals surface area contributed by atoms with Gasteiger partial charge in [0.2, 0.25) is 5.95 Å². The standard InChI is InChI=1S/C19H16Cl2FN7O/c20-12-2-1-3-14(7-12)30-19-25-18(27-29(19)5-4-22)24-17-11-6-15(17)28(10-11)13-8-16(21)26-23-9-13/h1-3,6-9,11,17H,4-5,10H2,(H,24,27). The molecule has 2 bridgehead atoms. The fraction of sp³-hybridized carbons (Fsp3) is 0.263. The molecule has 6 rings (SSSR count). The third-order valence-corrected chi connectivity index (χ3v) is 5.40. The van der Waals surface area contributed by atoms with Crippen LogP contribution in [0.5, 0.6) is 11.8 Å². The van der Waals surface area contributed by atoms with Gasteiger partial charge in [-0.25, -0.2) is 9.07 Å². The van der Waals surface area contributed by atoms with E-state index < -0.39 is 6.67 Å². The van der Waals surface area contributed by atoms with Gasteiger partial charge in [0.25, 0.3) is 0 Å². The average molecular weight is 448 g/mol. The molecule has 1 saturated heterocycles. The third kappa shape index (κ3) is 3.54. The van der Waals surface area contributed by atoms with Gasteiger partial charge in [0.15, 0.2) is 5.15 Å². The summed E-state index contributed by atoms with van der Waals surface area (Å²) in [6.07, 6.45) is 3.85. The van der Waals surface area contributed by atoms with E-state index in [4.69, 9.17) is 27.9 Å². The molecule has 3 aliphatic rings. The Bertz CT molecular complexity index is 1120. The van der Waals surface area contributed by atoms with Gasteiger partial charge in [-0.2, -0.15) is 10.1 Å². The van der Waals surface area contributed by atoms with Crippen molar-refractivity contribution in [3.05, 3.63) is 58.5 Å². The number of aryl methyl sites for hydroxylation is 1. The van der Waals surface area contributed by atoms with Crippen molar-refractivity contribution < 1.29 is 9.13 Å². The Hall–Kier alpha value is -2.91. The summed E-state index contributed by atoms with van der Waals surface area (Å²) in [5, 5.41) is 16.2. The molecular formula is C19H16Cl2FN7O. The molecule has 1 N–H and O–H groups in total. The Morgan fingerprint density at radius 2 is 2.17 bits per heavy atom. The van der Waals surface area contributed by atoms with Crippen molar-refractivity contribution in [1.82, 2.24) is 25.0 Å². The molecule has 2 atom stereocenters. The van der Waals surface area contributed by atoms with Crippen LogP contribution in [0.15, 0.2) is 48.3 Å². The molecule has 1 fully saturated rings. The SMILES string of the molecule is FCCn1nc(NC2C3=CC2CN3c2cnnc(Cl)c2)nc1Oc1cccc(Cl)c1. The maximum Gasteiger partial charge on any atom is 0.322 e. The molecule has 0 amide bonds. The van der Waals surface area contributed by atoms with Gasteiger partial charge < -0.3 is 15.0 Å². The van der Waals surface area contributed by atoms with Gasteiger partial charge in [0.05, 0.1) is 24.5 Å². The number of halogens is 3. The molecule has 154 valence electrons. The second-order valence-corrected chi connectivity index (χ2v) is 7.74. The zero-order valence-electron chi connectivity index (χ0n) is 15.5. The molecular weight excluding hydrogens is 432 g/mol. The number of hydrogen-bond acceptors (Lipinski definition) is 7. The van der Waals surface area contributed by atoms with Gasteiger partial charge in [-0.15, -0.1) is 10.2 Å². The highest BCUT2D eigenvalue weighted by Gasteiger charge is 2.45. The van der Waals surface area contributed by atoms with Crippen LogP contribution in [0.25, 0.3) is 0 Å². The van der Waals surface area contributed by atoms with Gasteiger partial charge in [0, 0.05) is 29.2 Å². The topological polar surface area (TPSA) is 81.0 Å². The Labute approximate surface area is 181 Å². The zero-order chi connectivity index (χ0) is 20.7. The Morgan fingerprint density at radius 3 is 2.97 bits per heavy atom. The summed E-state index contributed by atoms with van der Waals surface area (Å²) in [5.41, 5.74) is 1.97. The number of ether oxygens (including phenoxy) is 1. The molecule has 2 aliphatic heterocycles. The first kappa shape index (κ1) is 19.1. The summed E-state index contributed by atoms with van der Waals surface area (Å²) in [7, 11) is 0. The number of aromatic nitrogens is 5. The molecule has 2 aromatic heterocycles. The van der Waals surface area contributed by atoms with Crippen molar-refractivity contribution in [3.8, 4) is 11.8 Å². The largest absolute Gasteiger partial charge is 0.424 e. The summed E-state index contributed by atoms with van der Waals surface area (Å²) in [6, 6.07) is 8.92. The number of alkyl halides is 1. The quantitative estimate of drug-likeness (QED) is 0.586. The lowest BCUT2D eigenvalue weighted by molar-refractivity contribution is 0.363. The summed E-state index contributed by atoms with van der Waals surface area (Å²) < 4.78 is 20.2. The Balaban J connectivity index is 1.33. The predicted molar refractivity (Wildman–Crippen MR) is 111 cm³/mol. The predicted octanol–water partition coefficient (Wildman–Crippen LogP) is 3.95. The number of anilines is 2. The van der Waals surface area contributed by atoms with Crippen LogP contribution >= 0.6 is 23.2 Å². The molecule has 2 unspecified atom stereocenters. The summed E-state index contributed by atoms with van der Waals surface area (Å²) in [4.78, 5) is 6.53. The Kier molecular flexibility index (Phi) is 4.92. The number of nitrogens with one attached hydrogen (secondary N) is 1. The van der Waals surface area contributed by atoms with Crippen molar-refractivity contribution in [2.75, 3.05) is 23.4 Å². The summed E-state index contributed by atoms with van der Waals surface area (Å²) >= 11 is 12.0. The smallest absolute Gasteiger partial charge is 0.322 e. The maximum absolute atomic E-state index is 13.0. The molecule has 4 heterocycles. The van der Waals surface area contributed by atoms with Crippen molar-refractivity contribution in [2.24, 2.45) is 5.92 Å². The van der Waals surface area contributed by atoms with Crippen molar-refractivity contribution >= 4 is 34.8 Å². The first-order chi connectivity index (χ1) is 14.6. The van der Waals surface area contributed by atoms with E-state index in [2.05, 4.69) is 36.6 Å². The van der Waals surface area contributed by atoms with Crippen LogP contribution in [0.3, 0.4) is 0 Å². The van der Waals surface area contributed by atoms with Gasteiger partial charge in [0.1, 0.15) is 12.4 Å². The lowest BCUT2D eigenvalue weighted by Crippen LogP contribution is -2.34. The van der Waals surface area contributed by atoms with Gasteiger partial charge in [-0.1, -0.05) is 35.3 Å².